The Balaban J connectivity index is 2.30. The Hall–Kier alpha value is -1.94. The summed E-state index contributed by atoms with van der Waals surface area (Å²) in [5.74, 6) is -0.260. The van der Waals surface area contributed by atoms with E-state index in [2.05, 4.69) is 6.07 Å². The minimum Gasteiger partial charge on any atom is -0.400 e. The van der Waals surface area contributed by atoms with Gasteiger partial charge in [-0.15, -0.1) is 0 Å². The van der Waals surface area contributed by atoms with Crippen molar-refractivity contribution in [3.63, 3.8) is 0 Å². The first-order valence-corrected chi connectivity index (χ1v) is 6.66. The van der Waals surface area contributed by atoms with Crippen LogP contribution in [0.25, 0.3) is 0 Å². The minimum atomic E-state index is -0.260. The average Bonchev–Trinajstić information content (AvgIpc) is 2.39. The van der Waals surface area contributed by atoms with Crippen LogP contribution in [0.5, 0.6) is 0 Å². The van der Waals surface area contributed by atoms with Crippen molar-refractivity contribution in [1.82, 2.24) is 0 Å². The summed E-state index contributed by atoms with van der Waals surface area (Å²) in [4.78, 5) is 11.4. The molecule has 0 saturated heterocycles. The molecule has 0 bridgehead atoms. The van der Waals surface area contributed by atoms with Gasteiger partial charge in [0.25, 0.3) is 0 Å². The quantitative estimate of drug-likeness (QED) is 0.830. The molecule has 0 aromatic heterocycles. The monoisotopic (exact) mass is 272 g/mol. The zero-order valence-corrected chi connectivity index (χ0v) is 12.1. The smallest absolute Gasteiger partial charge is 0.177 e. The van der Waals surface area contributed by atoms with E-state index in [0.717, 1.165) is 11.1 Å². The second kappa shape index (κ2) is 5.59. The number of carbonyl (C=O) groups is 1. The first-order valence-electron chi connectivity index (χ1n) is 6.66. The summed E-state index contributed by atoms with van der Waals surface area (Å²) < 4.78 is 5.77. The van der Waals surface area contributed by atoms with Gasteiger partial charge in [0, 0.05) is 24.6 Å². The third-order valence-electron chi connectivity index (χ3n) is 3.64. The molecule has 0 fully saturated rings. The summed E-state index contributed by atoms with van der Waals surface area (Å²) in [5.41, 5.74) is 10.4. The fraction of sp³-hybridized carbons (Fsp3) is 0.375. The van der Waals surface area contributed by atoms with Crippen molar-refractivity contribution in [2.75, 3.05) is 6.61 Å². The lowest BCUT2D eigenvalue weighted by atomic mass is 9.91. The van der Waals surface area contributed by atoms with Crippen LogP contribution in [-0.4, -0.2) is 18.1 Å². The molecule has 0 aliphatic carbocycles. The van der Waals surface area contributed by atoms with Crippen molar-refractivity contribution in [1.29, 1.82) is 5.41 Å². The summed E-state index contributed by atoms with van der Waals surface area (Å²) >= 11 is 0. The molecule has 0 spiro atoms. The number of ether oxygens (including phenoxy) is 1. The van der Waals surface area contributed by atoms with Gasteiger partial charge in [0.1, 0.15) is 5.71 Å². The third kappa shape index (κ3) is 2.80. The Morgan fingerprint density at radius 2 is 2.10 bits per heavy atom. The van der Waals surface area contributed by atoms with Gasteiger partial charge in [-0.1, -0.05) is 23.8 Å². The SMILES string of the molecule is CC(=O)C(=N)C1=C(N)COC(c2ccc(C)cc2C)C1. The minimum absolute atomic E-state index is 0.000523. The highest BCUT2D eigenvalue weighted by Gasteiger charge is 2.26. The van der Waals surface area contributed by atoms with Gasteiger partial charge >= 0.3 is 0 Å². The molecule has 20 heavy (non-hydrogen) atoms. The standard InChI is InChI=1S/C16H20N2O2/c1-9-4-5-12(10(2)6-9)15-7-13(14(17)8-20-15)16(18)11(3)19/h4-6,15,18H,7-8,17H2,1-3H3. The fourth-order valence-corrected chi connectivity index (χ4v) is 2.51. The maximum Gasteiger partial charge on any atom is 0.177 e. The van der Waals surface area contributed by atoms with Crippen LogP contribution in [0.15, 0.2) is 29.5 Å². The van der Waals surface area contributed by atoms with Crippen molar-refractivity contribution in [2.45, 2.75) is 33.3 Å². The molecule has 0 radical (unpaired) electrons. The molecule has 1 unspecified atom stereocenters. The second-order valence-electron chi connectivity index (χ2n) is 5.30. The maximum absolute atomic E-state index is 11.4. The highest BCUT2D eigenvalue weighted by atomic mass is 16.5. The van der Waals surface area contributed by atoms with Crippen LogP contribution in [0.4, 0.5) is 0 Å². The van der Waals surface area contributed by atoms with Gasteiger partial charge in [0.15, 0.2) is 5.78 Å². The van der Waals surface area contributed by atoms with E-state index in [1.54, 1.807) is 0 Å². The molecule has 4 heteroatoms. The number of nitrogens with one attached hydrogen (secondary N) is 1. The van der Waals surface area contributed by atoms with Crippen LogP contribution in [0.2, 0.25) is 0 Å². The van der Waals surface area contributed by atoms with E-state index in [0.29, 0.717) is 17.7 Å². The molecule has 1 aliphatic heterocycles. The summed E-state index contributed by atoms with van der Waals surface area (Å²) in [5, 5.41) is 7.87. The van der Waals surface area contributed by atoms with Crippen molar-refractivity contribution in [3.05, 3.63) is 46.2 Å². The van der Waals surface area contributed by atoms with E-state index >= 15 is 0 Å². The van der Waals surface area contributed by atoms with E-state index in [4.69, 9.17) is 15.9 Å². The molecule has 1 aromatic rings. The summed E-state index contributed by atoms with van der Waals surface area (Å²) in [6.45, 7) is 5.75. The van der Waals surface area contributed by atoms with Crippen LogP contribution in [0.3, 0.4) is 0 Å². The molecule has 4 nitrogen and oxygen atoms in total. The molecule has 1 heterocycles. The first-order chi connectivity index (χ1) is 9.40. The first kappa shape index (κ1) is 14.5. The van der Waals surface area contributed by atoms with E-state index in [9.17, 15) is 4.79 Å². The Bertz CT molecular complexity index is 602. The van der Waals surface area contributed by atoms with Gasteiger partial charge in [0.2, 0.25) is 0 Å². The van der Waals surface area contributed by atoms with E-state index in [1.165, 1.54) is 12.5 Å². The number of aryl methyl sites for hydroxylation is 2. The molecule has 1 atom stereocenters. The number of hydrogen-bond acceptors (Lipinski definition) is 4. The largest absolute Gasteiger partial charge is 0.400 e. The van der Waals surface area contributed by atoms with Crippen molar-refractivity contribution >= 4 is 11.5 Å². The lowest BCUT2D eigenvalue weighted by Crippen LogP contribution is -2.27. The number of benzene rings is 1. The zero-order chi connectivity index (χ0) is 14.9. The van der Waals surface area contributed by atoms with E-state index < -0.39 is 0 Å². The number of ketones is 1. The fourth-order valence-electron chi connectivity index (χ4n) is 2.51. The van der Waals surface area contributed by atoms with E-state index in [1.807, 2.05) is 26.0 Å². The zero-order valence-electron chi connectivity index (χ0n) is 12.1. The highest BCUT2D eigenvalue weighted by Crippen LogP contribution is 2.32. The summed E-state index contributed by atoms with van der Waals surface area (Å²) in [6, 6.07) is 6.20. The lowest BCUT2D eigenvalue weighted by Gasteiger charge is -2.27. The number of nitrogens with two attached hydrogens (primary N) is 1. The Morgan fingerprint density at radius 1 is 1.40 bits per heavy atom. The Morgan fingerprint density at radius 3 is 2.70 bits per heavy atom. The Labute approximate surface area is 119 Å². The molecule has 3 N–H and O–H groups in total. The van der Waals surface area contributed by atoms with Gasteiger partial charge in [0.05, 0.1) is 12.7 Å². The van der Waals surface area contributed by atoms with Crippen molar-refractivity contribution in [3.8, 4) is 0 Å². The van der Waals surface area contributed by atoms with Gasteiger partial charge in [-0.05, 0) is 25.0 Å². The van der Waals surface area contributed by atoms with Crippen molar-refractivity contribution in [2.24, 2.45) is 5.73 Å². The van der Waals surface area contributed by atoms with Crippen LogP contribution >= 0.6 is 0 Å². The molecule has 2 rings (SSSR count). The van der Waals surface area contributed by atoms with Gasteiger partial charge < -0.3 is 10.5 Å². The van der Waals surface area contributed by atoms with Crippen LogP contribution in [0.1, 0.15) is 36.1 Å². The van der Waals surface area contributed by atoms with E-state index in [-0.39, 0.29) is 24.2 Å². The molecular weight excluding hydrogens is 252 g/mol. The number of rotatable bonds is 3. The van der Waals surface area contributed by atoms with Crippen LogP contribution in [0, 0.1) is 19.3 Å². The molecule has 1 aliphatic rings. The predicted octanol–water partition coefficient (Wildman–Crippen LogP) is 2.59. The second-order valence-corrected chi connectivity index (χ2v) is 5.30. The van der Waals surface area contributed by atoms with Crippen LogP contribution < -0.4 is 5.73 Å². The normalized spacial score (nSPS) is 19.1. The third-order valence-corrected chi connectivity index (χ3v) is 3.64. The Kier molecular flexibility index (Phi) is 4.04. The molecule has 106 valence electrons. The maximum atomic E-state index is 11.4. The molecule has 1 aromatic carbocycles. The number of hydrogen-bond donors (Lipinski definition) is 2. The predicted molar refractivity (Wildman–Crippen MR) is 78.8 cm³/mol. The van der Waals surface area contributed by atoms with Gasteiger partial charge in [-0.25, -0.2) is 0 Å². The molecule has 0 amide bonds. The lowest BCUT2D eigenvalue weighted by molar-refractivity contribution is -0.111. The highest BCUT2D eigenvalue weighted by molar-refractivity contribution is 6.44. The average molecular weight is 272 g/mol. The number of Topliss-reactive ketones (excluding diaryl/α,β-unsaturated/α-hetero) is 1. The van der Waals surface area contributed by atoms with Crippen molar-refractivity contribution < 1.29 is 9.53 Å². The van der Waals surface area contributed by atoms with Gasteiger partial charge in [-0.2, -0.15) is 0 Å². The topological polar surface area (TPSA) is 76.2 Å². The molecular formula is C16H20N2O2. The van der Waals surface area contributed by atoms with Crippen LogP contribution in [-0.2, 0) is 9.53 Å². The van der Waals surface area contributed by atoms with Gasteiger partial charge in [-0.3, -0.25) is 10.2 Å². The summed E-state index contributed by atoms with van der Waals surface area (Å²) in [6.07, 6.45) is 0.339. The molecule has 0 saturated carbocycles. The number of carbonyl (C=O) groups excluding carboxylic acids is 1. The summed E-state index contributed by atoms with van der Waals surface area (Å²) in [7, 11) is 0.